The number of morpholine rings is 1. The molecule has 0 aromatic rings. The van der Waals surface area contributed by atoms with Gasteiger partial charge in [0.15, 0.2) is 0 Å². The molecule has 7 nitrogen and oxygen atoms in total. The first-order valence-corrected chi connectivity index (χ1v) is 15.2. The van der Waals surface area contributed by atoms with E-state index in [4.69, 9.17) is 16.3 Å². The van der Waals surface area contributed by atoms with Gasteiger partial charge in [-0.25, -0.2) is 17.2 Å². The van der Waals surface area contributed by atoms with Gasteiger partial charge in [-0.15, -0.1) is 11.6 Å². The molecule has 7 atom stereocenters. The van der Waals surface area contributed by atoms with Gasteiger partial charge in [-0.05, 0) is 70.8 Å². The highest BCUT2D eigenvalue weighted by Gasteiger charge is 2.49. The summed E-state index contributed by atoms with van der Waals surface area (Å²) in [7, 11) is -3.66. The molecule has 4 aliphatic rings. The van der Waals surface area contributed by atoms with E-state index in [1.807, 2.05) is 6.92 Å². The standard InChI is InChI=1S/C24H40ClF2N3O4S/c1-2-28-13-17-14-30(35(32,33)18-9-6-15(26)7-10-18)21-12-16(8-11-22(21)34-17)29-24(31)23-19(25)4-3-5-20(23)27/h15-23,28H,2-14H2,1H3,(H,29,31). The van der Waals surface area contributed by atoms with Crippen LogP contribution >= 0.6 is 11.6 Å². The van der Waals surface area contributed by atoms with Gasteiger partial charge < -0.3 is 15.4 Å². The van der Waals surface area contributed by atoms with Gasteiger partial charge in [-0.3, -0.25) is 4.79 Å². The van der Waals surface area contributed by atoms with Crippen molar-refractivity contribution in [2.45, 2.75) is 118 Å². The number of likely N-dealkylation sites (N-methyl/N-ethyl adjacent to an activating group) is 1. The van der Waals surface area contributed by atoms with Gasteiger partial charge in [0.2, 0.25) is 15.9 Å². The lowest BCUT2D eigenvalue weighted by Crippen LogP contribution is -2.63. The number of fused-ring (bicyclic) bond motifs is 1. The quantitative estimate of drug-likeness (QED) is 0.486. The van der Waals surface area contributed by atoms with Crippen molar-refractivity contribution in [2.75, 3.05) is 19.6 Å². The molecule has 0 spiro atoms. The van der Waals surface area contributed by atoms with Gasteiger partial charge in [0.1, 0.15) is 12.3 Å². The number of ether oxygens (including phenoxy) is 1. The number of sulfonamides is 1. The van der Waals surface area contributed by atoms with Crippen LogP contribution in [0.4, 0.5) is 8.78 Å². The molecular weight excluding hydrogens is 500 g/mol. The predicted molar refractivity (Wildman–Crippen MR) is 131 cm³/mol. The van der Waals surface area contributed by atoms with Crippen LogP contribution in [-0.2, 0) is 19.6 Å². The molecule has 4 rings (SSSR count). The summed E-state index contributed by atoms with van der Waals surface area (Å²) in [6.07, 6.45) is 1.77. The summed E-state index contributed by atoms with van der Waals surface area (Å²) in [5, 5.41) is 5.12. The minimum absolute atomic E-state index is 0.242. The molecule has 1 heterocycles. The van der Waals surface area contributed by atoms with Crippen LogP contribution in [0.15, 0.2) is 0 Å². The van der Waals surface area contributed by atoms with Crippen molar-refractivity contribution in [3.63, 3.8) is 0 Å². The van der Waals surface area contributed by atoms with Crippen molar-refractivity contribution in [1.29, 1.82) is 0 Å². The van der Waals surface area contributed by atoms with E-state index in [1.54, 1.807) is 4.31 Å². The zero-order valence-corrected chi connectivity index (χ0v) is 22.1. The molecule has 0 bridgehead atoms. The molecule has 1 amide bonds. The Labute approximate surface area is 213 Å². The summed E-state index contributed by atoms with van der Waals surface area (Å²) >= 11 is 6.30. The molecule has 1 aliphatic heterocycles. The fraction of sp³-hybridized carbons (Fsp3) is 0.958. The lowest BCUT2D eigenvalue weighted by Gasteiger charge is -2.49. The first-order chi connectivity index (χ1) is 16.7. The lowest BCUT2D eigenvalue weighted by atomic mass is 9.84. The fourth-order valence-electron chi connectivity index (χ4n) is 6.28. The minimum atomic E-state index is -3.66. The molecular formula is C24H40ClF2N3O4S. The normalized spacial score (nSPS) is 41.2. The van der Waals surface area contributed by atoms with Crippen LogP contribution in [-0.4, -0.2) is 85.5 Å². The molecule has 11 heteroatoms. The molecule has 4 fully saturated rings. The van der Waals surface area contributed by atoms with Crippen molar-refractivity contribution >= 4 is 27.5 Å². The van der Waals surface area contributed by atoms with Gasteiger partial charge in [-0.2, -0.15) is 4.31 Å². The Kier molecular flexibility index (Phi) is 9.33. The minimum Gasteiger partial charge on any atom is -0.371 e. The summed E-state index contributed by atoms with van der Waals surface area (Å²) in [5.74, 6) is -1.25. The number of rotatable bonds is 7. The fourth-order valence-corrected chi connectivity index (χ4v) is 8.93. The Morgan fingerprint density at radius 3 is 2.51 bits per heavy atom. The molecule has 202 valence electrons. The number of carbonyl (C=O) groups excluding carboxylic acids is 1. The monoisotopic (exact) mass is 539 g/mol. The van der Waals surface area contributed by atoms with E-state index in [9.17, 15) is 22.0 Å². The second-order valence-electron chi connectivity index (χ2n) is 10.7. The lowest BCUT2D eigenvalue weighted by molar-refractivity contribution is -0.132. The molecule has 1 saturated heterocycles. The van der Waals surface area contributed by atoms with Crippen LogP contribution in [0.5, 0.6) is 0 Å². The van der Waals surface area contributed by atoms with Crippen LogP contribution in [0.3, 0.4) is 0 Å². The topological polar surface area (TPSA) is 87.7 Å². The van der Waals surface area contributed by atoms with Crippen molar-refractivity contribution in [2.24, 2.45) is 5.92 Å². The molecule has 3 aliphatic carbocycles. The number of hydrogen-bond donors (Lipinski definition) is 2. The highest BCUT2D eigenvalue weighted by Crippen LogP contribution is 2.37. The van der Waals surface area contributed by atoms with Crippen molar-refractivity contribution in [3.05, 3.63) is 0 Å². The molecule has 35 heavy (non-hydrogen) atoms. The number of nitrogens with one attached hydrogen (secondary N) is 2. The van der Waals surface area contributed by atoms with Crippen LogP contribution < -0.4 is 10.6 Å². The van der Waals surface area contributed by atoms with Crippen molar-refractivity contribution in [1.82, 2.24) is 14.9 Å². The Balaban J connectivity index is 1.48. The average Bonchev–Trinajstić information content (AvgIpc) is 2.82. The number of amides is 1. The summed E-state index contributed by atoms with van der Waals surface area (Å²) in [6, 6.07) is -0.672. The first-order valence-electron chi connectivity index (χ1n) is 13.3. The number of nitrogens with zero attached hydrogens (tertiary/aromatic N) is 1. The van der Waals surface area contributed by atoms with Gasteiger partial charge in [0.25, 0.3) is 0 Å². The van der Waals surface area contributed by atoms with E-state index < -0.39 is 45.0 Å². The number of hydrogen-bond acceptors (Lipinski definition) is 5. The maximum absolute atomic E-state index is 14.5. The second kappa shape index (κ2) is 11.9. The summed E-state index contributed by atoms with van der Waals surface area (Å²) in [5.41, 5.74) is 0. The highest BCUT2D eigenvalue weighted by atomic mass is 35.5. The maximum Gasteiger partial charge on any atom is 0.227 e. The summed E-state index contributed by atoms with van der Waals surface area (Å²) in [4.78, 5) is 12.9. The first kappa shape index (κ1) is 27.5. The summed E-state index contributed by atoms with van der Waals surface area (Å²) in [6.45, 7) is 3.54. The van der Waals surface area contributed by atoms with Crippen LogP contribution in [0.1, 0.15) is 71.1 Å². The number of alkyl halides is 3. The van der Waals surface area contributed by atoms with Crippen molar-refractivity contribution in [3.8, 4) is 0 Å². The molecule has 0 aromatic carbocycles. The van der Waals surface area contributed by atoms with Crippen LogP contribution in [0, 0.1) is 5.92 Å². The van der Waals surface area contributed by atoms with Gasteiger partial charge in [0, 0.05) is 24.5 Å². The Bertz CT molecular complexity index is 820. The number of carbonyl (C=O) groups is 1. The maximum atomic E-state index is 14.5. The Morgan fingerprint density at radius 2 is 1.83 bits per heavy atom. The summed E-state index contributed by atoms with van der Waals surface area (Å²) < 4.78 is 63.6. The Morgan fingerprint density at radius 1 is 1.09 bits per heavy atom. The average molecular weight is 540 g/mol. The molecule has 2 N–H and O–H groups in total. The third-order valence-corrected chi connectivity index (χ3v) is 11.1. The van der Waals surface area contributed by atoms with Gasteiger partial charge in [-0.1, -0.05) is 6.92 Å². The third kappa shape index (κ3) is 6.30. The zero-order chi connectivity index (χ0) is 25.2. The molecule has 7 unspecified atom stereocenters. The van der Waals surface area contributed by atoms with Gasteiger partial charge in [0.05, 0.1) is 29.4 Å². The van der Waals surface area contributed by atoms with E-state index in [0.29, 0.717) is 57.9 Å². The van der Waals surface area contributed by atoms with E-state index in [2.05, 4.69) is 10.6 Å². The smallest absolute Gasteiger partial charge is 0.227 e. The zero-order valence-electron chi connectivity index (χ0n) is 20.5. The molecule has 3 saturated carbocycles. The second-order valence-corrected chi connectivity index (χ2v) is 13.4. The third-order valence-electron chi connectivity index (χ3n) is 8.24. The van der Waals surface area contributed by atoms with E-state index >= 15 is 0 Å². The van der Waals surface area contributed by atoms with Crippen LogP contribution in [0.2, 0.25) is 0 Å². The van der Waals surface area contributed by atoms with E-state index in [-0.39, 0.29) is 43.5 Å². The largest absolute Gasteiger partial charge is 0.371 e. The van der Waals surface area contributed by atoms with Gasteiger partial charge >= 0.3 is 0 Å². The molecule has 0 aromatic heterocycles. The number of halogens is 3. The Hall–Kier alpha value is -0.550. The van der Waals surface area contributed by atoms with E-state index in [0.717, 1.165) is 6.54 Å². The van der Waals surface area contributed by atoms with Crippen LogP contribution in [0.25, 0.3) is 0 Å². The SMILES string of the molecule is CCNCC1CN(S(=O)(=O)C2CCC(F)CC2)C2CC(NC(=O)C3C(F)CCCC3Cl)CCC2O1. The van der Waals surface area contributed by atoms with Crippen molar-refractivity contribution < 1.29 is 26.7 Å². The highest BCUT2D eigenvalue weighted by molar-refractivity contribution is 7.89. The predicted octanol–water partition coefficient (Wildman–Crippen LogP) is 3.06. The van der Waals surface area contributed by atoms with E-state index in [1.165, 1.54) is 0 Å². The molecule has 0 radical (unpaired) electrons.